The lowest BCUT2D eigenvalue weighted by Crippen LogP contribution is -2.41. The van der Waals surface area contributed by atoms with Crippen LogP contribution in [0.15, 0.2) is 42.5 Å². The van der Waals surface area contributed by atoms with Crippen LogP contribution in [0.25, 0.3) is 0 Å². The number of benzene rings is 2. The SMILES string of the molecule is CCN(CC(=O)NCc1ccc(F)cc1)C(=O)Cc1ccc2c(c1)CCCC2. The molecule has 0 bridgehead atoms. The first-order valence-corrected chi connectivity index (χ1v) is 9.94. The number of carbonyl (C=O) groups excluding carboxylic acids is 2. The number of nitrogens with zero attached hydrogens (tertiary/aromatic N) is 1. The largest absolute Gasteiger partial charge is 0.350 e. The standard InChI is InChI=1S/C23H27FN2O2/c1-2-26(16-22(27)25-15-17-8-11-21(24)12-9-17)23(28)14-18-7-10-19-5-3-4-6-20(19)13-18/h7-13H,2-6,14-16H2,1H3,(H,25,27). The Morgan fingerprint density at radius 1 is 1.00 bits per heavy atom. The van der Waals surface area contributed by atoms with Gasteiger partial charge >= 0.3 is 0 Å². The van der Waals surface area contributed by atoms with Crippen molar-refractivity contribution in [2.45, 2.75) is 45.6 Å². The van der Waals surface area contributed by atoms with E-state index in [-0.39, 0.29) is 24.2 Å². The van der Waals surface area contributed by atoms with Crippen molar-refractivity contribution in [2.75, 3.05) is 13.1 Å². The zero-order valence-electron chi connectivity index (χ0n) is 16.3. The molecule has 1 aliphatic rings. The molecule has 3 rings (SSSR count). The van der Waals surface area contributed by atoms with E-state index in [1.54, 1.807) is 17.0 Å². The molecule has 4 nitrogen and oxygen atoms in total. The fourth-order valence-electron chi connectivity index (χ4n) is 3.59. The van der Waals surface area contributed by atoms with Gasteiger partial charge in [0.2, 0.25) is 11.8 Å². The van der Waals surface area contributed by atoms with Crippen LogP contribution in [0.1, 0.15) is 42.0 Å². The fraction of sp³-hybridized carbons (Fsp3) is 0.391. The highest BCUT2D eigenvalue weighted by molar-refractivity contribution is 5.85. The summed E-state index contributed by atoms with van der Waals surface area (Å²) in [6.07, 6.45) is 4.97. The third kappa shape index (κ3) is 5.41. The summed E-state index contributed by atoms with van der Waals surface area (Å²) in [7, 11) is 0. The van der Waals surface area contributed by atoms with E-state index in [1.807, 2.05) is 13.0 Å². The van der Waals surface area contributed by atoms with Crippen molar-refractivity contribution in [2.24, 2.45) is 0 Å². The first-order chi connectivity index (χ1) is 13.5. The fourth-order valence-corrected chi connectivity index (χ4v) is 3.59. The number of likely N-dealkylation sites (N-methyl/N-ethyl adjacent to an activating group) is 1. The van der Waals surface area contributed by atoms with Gasteiger partial charge in [0.25, 0.3) is 0 Å². The van der Waals surface area contributed by atoms with E-state index < -0.39 is 0 Å². The van der Waals surface area contributed by atoms with E-state index in [0.29, 0.717) is 19.5 Å². The van der Waals surface area contributed by atoms with E-state index in [0.717, 1.165) is 24.0 Å². The molecular formula is C23H27FN2O2. The van der Waals surface area contributed by atoms with Crippen molar-refractivity contribution in [1.29, 1.82) is 0 Å². The minimum absolute atomic E-state index is 0.0292. The second kappa shape index (κ2) is 9.49. The lowest BCUT2D eigenvalue weighted by atomic mass is 9.90. The molecule has 1 aliphatic carbocycles. The Morgan fingerprint density at radius 3 is 2.39 bits per heavy atom. The third-order valence-electron chi connectivity index (χ3n) is 5.24. The smallest absolute Gasteiger partial charge is 0.239 e. The molecule has 0 fully saturated rings. The molecule has 148 valence electrons. The van der Waals surface area contributed by atoms with E-state index in [2.05, 4.69) is 17.4 Å². The molecule has 0 saturated heterocycles. The third-order valence-corrected chi connectivity index (χ3v) is 5.24. The minimum atomic E-state index is -0.306. The van der Waals surface area contributed by atoms with Crippen LogP contribution in [0, 0.1) is 5.82 Å². The second-order valence-electron chi connectivity index (χ2n) is 7.30. The van der Waals surface area contributed by atoms with E-state index in [1.165, 1.54) is 36.1 Å². The van der Waals surface area contributed by atoms with Crippen molar-refractivity contribution < 1.29 is 14.0 Å². The van der Waals surface area contributed by atoms with Gasteiger partial charge in [0.1, 0.15) is 5.82 Å². The van der Waals surface area contributed by atoms with Gasteiger partial charge in [0.15, 0.2) is 0 Å². The highest BCUT2D eigenvalue weighted by Gasteiger charge is 2.17. The molecule has 2 aromatic carbocycles. The van der Waals surface area contributed by atoms with Crippen LogP contribution < -0.4 is 5.32 Å². The van der Waals surface area contributed by atoms with Gasteiger partial charge in [-0.05, 0) is 67.0 Å². The quantitative estimate of drug-likeness (QED) is 0.798. The van der Waals surface area contributed by atoms with E-state index in [9.17, 15) is 14.0 Å². The normalized spacial score (nSPS) is 12.9. The Balaban J connectivity index is 1.52. The summed E-state index contributed by atoms with van der Waals surface area (Å²) < 4.78 is 12.9. The number of carbonyl (C=O) groups is 2. The van der Waals surface area contributed by atoms with E-state index >= 15 is 0 Å². The molecule has 1 N–H and O–H groups in total. The molecule has 0 atom stereocenters. The van der Waals surface area contributed by atoms with Crippen LogP contribution >= 0.6 is 0 Å². The summed E-state index contributed by atoms with van der Waals surface area (Å²) in [5.41, 5.74) is 4.58. The Kier molecular flexibility index (Phi) is 6.80. The predicted molar refractivity (Wildman–Crippen MR) is 107 cm³/mol. The molecule has 2 aromatic rings. The van der Waals surface area contributed by atoms with Crippen LogP contribution in [0.3, 0.4) is 0 Å². The molecule has 0 aliphatic heterocycles. The first-order valence-electron chi connectivity index (χ1n) is 9.94. The molecule has 0 saturated carbocycles. The van der Waals surface area contributed by atoms with Crippen molar-refractivity contribution in [3.63, 3.8) is 0 Å². The summed E-state index contributed by atoms with van der Waals surface area (Å²) in [6, 6.07) is 12.3. The van der Waals surface area contributed by atoms with Crippen molar-refractivity contribution in [3.8, 4) is 0 Å². The highest BCUT2D eigenvalue weighted by Crippen LogP contribution is 2.22. The maximum absolute atomic E-state index is 12.9. The number of nitrogens with one attached hydrogen (secondary N) is 1. The van der Waals surface area contributed by atoms with Gasteiger partial charge in [0, 0.05) is 13.1 Å². The van der Waals surface area contributed by atoms with Gasteiger partial charge < -0.3 is 10.2 Å². The number of fused-ring (bicyclic) bond motifs is 1. The van der Waals surface area contributed by atoms with Gasteiger partial charge in [-0.25, -0.2) is 4.39 Å². The van der Waals surface area contributed by atoms with E-state index in [4.69, 9.17) is 0 Å². The summed E-state index contributed by atoms with van der Waals surface area (Å²) in [5.74, 6) is -0.569. The molecule has 0 spiro atoms. The lowest BCUT2D eigenvalue weighted by Gasteiger charge is -2.21. The van der Waals surface area contributed by atoms with Crippen molar-refractivity contribution in [3.05, 3.63) is 70.5 Å². The number of amides is 2. The minimum Gasteiger partial charge on any atom is -0.350 e. The number of hydrogen-bond donors (Lipinski definition) is 1. The molecule has 5 heteroatoms. The van der Waals surface area contributed by atoms with Crippen molar-refractivity contribution in [1.82, 2.24) is 10.2 Å². The van der Waals surface area contributed by atoms with Gasteiger partial charge in [-0.15, -0.1) is 0 Å². The topological polar surface area (TPSA) is 49.4 Å². The van der Waals surface area contributed by atoms with Crippen LogP contribution in [-0.2, 0) is 35.4 Å². The highest BCUT2D eigenvalue weighted by atomic mass is 19.1. The van der Waals surface area contributed by atoms with Gasteiger partial charge in [-0.2, -0.15) is 0 Å². The average molecular weight is 382 g/mol. The predicted octanol–water partition coefficient (Wildman–Crippen LogP) is 3.41. The first kappa shape index (κ1) is 20.1. The second-order valence-corrected chi connectivity index (χ2v) is 7.30. The Morgan fingerprint density at radius 2 is 1.68 bits per heavy atom. The maximum Gasteiger partial charge on any atom is 0.239 e. The number of hydrogen-bond acceptors (Lipinski definition) is 2. The number of rotatable bonds is 7. The number of halogens is 1. The Labute approximate surface area is 165 Å². The molecular weight excluding hydrogens is 355 g/mol. The van der Waals surface area contributed by atoms with Crippen LogP contribution in [-0.4, -0.2) is 29.8 Å². The lowest BCUT2D eigenvalue weighted by molar-refractivity contribution is -0.135. The Hall–Kier alpha value is -2.69. The summed E-state index contributed by atoms with van der Waals surface area (Å²) in [6.45, 7) is 2.70. The zero-order chi connectivity index (χ0) is 19.9. The summed E-state index contributed by atoms with van der Waals surface area (Å²) in [5, 5.41) is 2.79. The monoisotopic (exact) mass is 382 g/mol. The summed E-state index contributed by atoms with van der Waals surface area (Å²) >= 11 is 0. The molecule has 0 heterocycles. The van der Waals surface area contributed by atoms with Crippen LogP contribution in [0.2, 0.25) is 0 Å². The van der Waals surface area contributed by atoms with Crippen molar-refractivity contribution >= 4 is 11.8 Å². The van der Waals surface area contributed by atoms with Gasteiger partial charge in [0.05, 0.1) is 13.0 Å². The van der Waals surface area contributed by atoms with Crippen LogP contribution in [0.4, 0.5) is 4.39 Å². The maximum atomic E-state index is 12.9. The average Bonchev–Trinajstić information content (AvgIpc) is 2.71. The zero-order valence-corrected chi connectivity index (χ0v) is 16.3. The molecule has 28 heavy (non-hydrogen) atoms. The molecule has 0 radical (unpaired) electrons. The Bertz CT molecular complexity index is 833. The molecule has 0 aromatic heterocycles. The van der Waals surface area contributed by atoms with Gasteiger partial charge in [-0.1, -0.05) is 30.3 Å². The van der Waals surface area contributed by atoms with Gasteiger partial charge in [-0.3, -0.25) is 9.59 Å². The molecule has 2 amide bonds. The number of aryl methyl sites for hydroxylation is 2. The summed E-state index contributed by atoms with van der Waals surface area (Å²) in [4.78, 5) is 26.5. The van der Waals surface area contributed by atoms with Crippen LogP contribution in [0.5, 0.6) is 0 Å². The molecule has 0 unspecified atom stereocenters.